The minimum atomic E-state index is -0.609. The Hall–Kier alpha value is -0.530. The summed E-state index contributed by atoms with van der Waals surface area (Å²) in [5.74, 6) is -0.342. The van der Waals surface area contributed by atoms with Crippen molar-refractivity contribution >= 4 is 5.97 Å². The van der Waals surface area contributed by atoms with Crippen molar-refractivity contribution in [2.75, 3.05) is 0 Å². The Balaban J connectivity index is 4.19. The number of carboxylic acid groups (broad SMARTS) is 1. The van der Waals surface area contributed by atoms with Crippen molar-refractivity contribution in [2.45, 2.75) is 59.3 Å². The zero-order valence-electron chi connectivity index (χ0n) is 9.75. The van der Waals surface area contributed by atoms with Gasteiger partial charge in [-0.2, -0.15) is 0 Å². The highest BCUT2D eigenvalue weighted by Gasteiger charge is 2.24. The van der Waals surface area contributed by atoms with Gasteiger partial charge >= 0.3 is 5.97 Å². The lowest BCUT2D eigenvalue weighted by atomic mass is 9.83. The Morgan fingerprint density at radius 2 is 1.79 bits per heavy atom. The summed E-state index contributed by atoms with van der Waals surface area (Å²) >= 11 is 0. The molecule has 0 aliphatic carbocycles. The van der Waals surface area contributed by atoms with Gasteiger partial charge in [-0.05, 0) is 25.2 Å². The van der Waals surface area contributed by atoms with Crippen LogP contribution in [0.15, 0.2) is 0 Å². The first-order valence-electron chi connectivity index (χ1n) is 5.90. The molecule has 0 fully saturated rings. The number of aliphatic carboxylic acids is 1. The lowest BCUT2D eigenvalue weighted by Crippen LogP contribution is -2.23. The molecular weight excluding hydrogens is 176 g/mol. The molecule has 0 spiro atoms. The van der Waals surface area contributed by atoms with Crippen molar-refractivity contribution in [2.24, 2.45) is 11.8 Å². The van der Waals surface area contributed by atoms with E-state index in [9.17, 15) is 4.79 Å². The largest absolute Gasteiger partial charge is 0.481 e. The number of hydrogen-bond donors (Lipinski definition) is 1. The van der Waals surface area contributed by atoms with Crippen molar-refractivity contribution in [3.05, 3.63) is 0 Å². The maximum Gasteiger partial charge on any atom is 0.306 e. The SMILES string of the molecule is CCCCC(CCC)C(CC)C(=O)O. The molecule has 0 saturated heterocycles. The Bertz CT molecular complexity index is 154. The highest BCUT2D eigenvalue weighted by atomic mass is 16.4. The highest BCUT2D eigenvalue weighted by Crippen LogP contribution is 2.26. The Kier molecular flexibility index (Phi) is 7.54. The van der Waals surface area contributed by atoms with Crippen LogP contribution in [0.1, 0.15) is 59.3 Å². The number of carboxylic acids is 1. The summed E-state index contributed by atoms with van der Waals surface area (Å²) in [5.41, 5.74) is 0. The van der Waals surface area contributed by atoms with Gasteiger partial charge in [0.05, 0.1) is 5.92 Å². The van der Waals surface area contributed by atoms with Crippen molar-refractivity contribution in [1.82, 2.24) is 0 Å². The summed E-state index contributed by atoms with van der Waals surface area (Å²) in [6, 6.07) is 0. The van der Waals surface area contributed by atoms with Crippen LogP contribution in [0.4, 0.5) is 0 Å². The monoisotopic (exact) mass is 200 g/mol. The first kappa shape index (κ1) is 13.5. The van der Waals surface area contributed by atoms with Crippen LogP contribution in [-0.4, -0.2) is 11.1 Å². The molecule has 84 valence electrons. The molecule has 0 radical (unpaired) electrons. The van der Waals surface area contributed by atoms with Gasteiger partial charge in [-0.1, -0.05) is 40.0 Å². The van der Waals surface area contributed by atoms with E-state index in [1.165, 1.54) is 0 Å². The Morgan fingerprint density at radius 1 is 1.14 bits per heavy atom. The molecule has 0 rings (SSSR count). The summed E-state index contributed by atoms with van der Waals surface area (Å²) < 4.78 is 0. The van der Waals surface area contributed by atoms with Gasteiger partial charge in [0.25, 0.3) is 0 Å². The van der Waals surface area contributed by atoms with E-state index >= 15 is 0 Å². The van der Waals surface area contributed by atoms with Gasteiger partial charge in [0.2, 0.25) is 0 Å². The molecular formula is C12H24O2. The minimum absolute atomic E-state index is 0.124. The zero-order valence-corrected chi connectivity index (χ0v) is 9.75. The quantitative estimate of drug-likeness (QED) is 0.648. The van der Waals surface area contributed by atoms with Crippen LogP contribution in [0.25, 0.3) is 0 Å². The topological polar surface area (TPSA) is 37.3 Å². The molecule has 0 aliphatic heterocycles. The van der Waals surface area contributed by atoms with Crippen LogP contribution in [0.3, 0.4) is 0 Å². The number of carbonyl (C=O) groups is 1. The molecule has 0 saturated carbocycles. The second-order valence-electron chi connectivity index (χ2n) is 4.04. The lowest BCUT2D eigenvalue weighted by molar-refractivity contribution is -0.144. The summed E-state index contributed by atoms with van der Waals surface area (Å²) in [7, 11) is 0. The third-order valence-electron chi connectivity index (χ3n) is 2.91. The van der Waals surface area contributed by atoms with Crippen LogP contribution >= 0.6 is 0 Å². The molecule has 0 aliphatic rings. The number of unbranched alkanes of at least 4 members (excludes halogenated alkanes) is 1. The fraction of sp³-hybridized carbons (Fsp3) is 0.917. The molecule has 1 N–H and O–H groups in total. The van der Waals surface area contributed by atoms with Gasteiger partial charge in [0.1, 0.15) is 0 Å². The van der Waals surface area contributed by atoms with Crippen LogP contribution in [-0.2, 0) is 4.79 Å². The third kappa shape index (κ3) is 4.64. The molecule has 2 heteroatoms. The summed E-state index contributed by atoms with van der Waals surface area (Å²) in [5, 5.41) is 9.07. The Morgan fingerprint density at radius 3 is 2.14 bits per heavy atom. The van der Waals surface area contributed by atoms with Crippen molar-refractivity contribution in [1.29, 1.82) is 0 Å². The van der Waals surface area contributed by atoms with E-state index in [1.807, 2.05) is 6.92 Å². The van der Waals surface area contributed by atoms with Crippen molar-refractivity contribution < 1.29 is 9.90 Å². The number of hydrogen-bond acceptors (Lipinski definition) is 1. The van der Waals surface area contributed by atoms with E-state index in [4.69, 9.17) is 5.11 Å². The summed E-state index contributed by atoms with van der Waals surface area (Å²) in [6.07, 6.45) is 6.33. The van der Waals surface area contributed by atoms with E-state index in [0.29, 0.717) is 5.92 Å². The maximum absolute atomic E-state index is 11.0. The molecule has 0 aromatic heterocycles. The molecule has 2 unspecified atom stereocenters. The smallest absolute Gasteiger partial charge is 0.306 e. The van der Waals surface area contributed by atoms with Gasteiger partial charge in [0, 0.05) is 0 Å². The van der Waals surface area contributed by atoms with Crippen molar-refractivity contribution in [3.8, 4) is 0 Å². The molecule has 2 atom stereocenters. The molecule has 0 aromatic carbocycles. The first-order chi connectivity index (χ1) is 6.67. The fourth-order valence-electron chi connectivity index (χ4n) is 2.09. The predicted octanol–water partition coefficient (Wildman–Crippen LogP) is 3.70. The standard InChI is InChI=1S/C12H24O2/c1-4-7-9-10(8-5-2)11(6-3)12(13)14/h10-11H,4-9H2,1-3H3,(H,13,14). The Labute approximate surface area is 87.7 Å². The van der Waals surface area contributed by atoms with Crippen LogP contribution in [0.5, 0.6) is 0 Å². The molecule has 2 nitrogen and oxygen atoms in total. The summed E-state index contributed by atoms with van der Waals surface area (Å²) in [4.78, 5) is 11.0. The second-order valence-corrected chi connectivity index (χ2v) is 4.04. The maximum atomic E-state index is 11.0. The lowest BCUT2D eigenvalue weighted by Gasteiger charge is -2.22. The van der Waals surface area contributed by atoms with Gasteiger partial charge in [-0.25, -0.2) is 0 Å². The average Bonchev–Trinajstić information content (AvgIpc) is 2.14. The van der Waals surface area contributed by atoms with E-state index in [0.717, 1.165) is 38.5 Å². The van der Waals surface area contributed by atoms with E-state index in [2.05, 4.69) is 13.8 Å². The first-order valence-corrected chi connectivity index (χ1v) is 5.90. The molecule has 0 amide bonds. The van der Waals surface area contributed by atoms with Gasteiger partial charge in [-0.3, -0.25) is 4.79 Å². The van der Waals surface area contributed by atoms with Crippen LogP contribution < -0.4 is 0 Å². The summed E-state index contributed by atoms with van der Waals surface area (Å²) in [6.45, 7) is 6.27. The molecule has 0 aromatic rings. The highest BCUT2D eigenvalue weighted by molar-refractivity contribution is 5.70. The third-order valence-corrected chi connectivity index (χ3v) is 2.91. The van der Waals surface area contributed by atoms with E-state index in [1.54, 1.807) is 0 Å². The van der Waals surface area contributed by atoms with Crippen LogP contribution in [0, 0.1) is 11.8 Å². The van der Waals surface area contributed by atoms with Gasteiger partial charge in [-0.15, -0.1) is 0 Å². The van der Waals surface area contributed by atoms with Gasteiger partial charge in [0.15, 0.2) is 0 Å². The zero-order chi connectivity index (χ0) is 11.0. The second kappa shape index (κ2) is 7.84. The molecule has 14 heavy (non-hydrogen) atoms. The normalized spacial score (nSPS) is 15.1. The van der Waals surface area contributed by atoms with Gasteiger partial charge < -0.3 is 5.11 Å². The van der Waals surface area contributed by atoms with E-state index in [-0.39, 0.29) is 5.92 Å². The molecule has 0 heterocycles. The van der Waals surface area contributed by atoms with E-state index < -0.39 is 5.97 Å². The molecule has 0 bridgehead atoms. The number of rotatable bonds is 8. The average molecular weight is 200 g/mol. The van der Waals surface area contributed by atoms with Crippen LogP contribution in [0.2, 0.25) is 0 Å². The fourth-order valence-corrected chi connectivity index (χ4v) is 2.09. The van der Waals surface area contributed by atoms with Crippen molar-refractivity contribution in [3.63, 3.8) is 0 Å². The minimum Gasteiger partial charge on any atom is -0.481 e. The predicted molar refractivity (Wildman–Crippen MR) is 59.3 cm³/mol.